The Hall–Kier alpha value is -1.36. The van der Waals surface area contributed by atoms with E-state index in [0.717, 1.165) is 12.8 Å². The van der Waals surface area contributed by atoms with Gasteiger partial charge in [0.2, 0.25) is 0 Å². The smallest absolute Gasteiger partial charge is 0.293 e. The van der Waals surface area contributed by atoms with Crippen LogP contribution in [-0.2, 0) is 4.74 Å². The van der Waals surface area contributed by atoms with E-state index in [1.165, 1.54) is 0 Å². The Morgan fingerprint density at radius 3 is 3.06 bits per heavy atom. The van der Waals surface area contributed by atoms with E-state index in [9.17, 15) is 4.79 Å². The van der Waals surface area contributed by atoms with E-state index >= 15 is 0 Å². The molecule has 1 fully saturated rings. The molecule has 0 amide bonds. The van der Waals surface area contributed by atoms with Gasteiger partial charge in [-0.1, -0.05) is 6.92 Å². The number of aromatic nitrogens is 2. The van der Waals surface area contributed by atoms with Gasteiger partial charge in [-0.05, 0) is 18.8 Å². The number of ether oxygens (including phenoxy) is 1. The zero-order valence-electron chi connectivity index (χ0n) is 10.3. The Labute approximate surface area is 101 Å². The fourth-order valence-corrected chi connectivity index (χ4v) is 1.80. The lowest BCUT2D eigenvalue weighted by molar-refractivity contribution is 0.164. The van der Waals surface area contributed by atoms with Gasteiger partial charge in [0, 0.05) is 32.1 Å². The van der Waals surface area contributed by atoms with Crippen molar-refractivity contribution < 1.29 is 4.74 Å². The highest BCUT2D eigenvalue weighted by atomic mass is 16.5. The molecule has 5 nitrogen and oxygen atoms in total. The van der Waals surface area contributed by atoms with Crippen molar-refractivity contribution in [1.82, 2.24) is 9.55 Å². The van der Waals surface area contributed by atoms with Crippen molar-refractivity contribution in [2.45, 2.75) is 25.8 Å². The van der Waals surface area contributed by atoms with Gasteiger partial charge < -0.3 is 14.6 Å². The summed E-state index contributed by atoms with van der Waals surface area (Å²) in [5.41, 5.74) is -0.0142. The van der Waals surface area contributed by atoms with Crippen molar-refractivity contribution in [1.29, 1.82) is 0 Å². The average molecular weight is 237 g/mol. The molecule has 1 unspecified atom stereocenters. The third-order valence-electron chi connectivity index (χ3n) is 2.88. The summed E-state index contributed by atoms with van der Waals surface area (Å²) in [5, 5.41) is 3.10. The molecule has 0 spiro atoms. The minimum atomic E-state index is -0.0142. The minimum Gasteiger partial charge on any atom is -0.384 e. The Kier molecular flexibility index (Phi) is 3.78. The first-order chi connectivity index (χ1) is 8.22. The molecular formula is C12H19N3O2. The molecule has 0 saturated heterocycles. The number of rotatable bonds is 6. The van der Waals surface area contributed by atoms with Gasteiger partial charge in [0.25, 0.3) is 5.56 Å². The fourth-order valence-electron chi connectivity index (χ4n) is 1.80. The summed E-state index contributed by atoms with van der Waals surface area (Å²) >= 11 is 0. The Bertz CT molecular complexity index is 426. The number of anilines is 1. The molecule has 17 heavy (non-hydrogen) atoms. The van der Waals surface area contributed by atoms with Crippen LogP contribution in [0.25, 0.3) is 0 Å². The lowest BCUT2D eigenvalue weighted by atomic mass is 10.2. The van der Waals surface area contributed by atoms with Crippen molar-refractivity contribution in [3.63, 3.8) is 0 Å². The number of nitrogens with zero attached hydrogens (tertiary/aromatic N) is 2. The monoisotopic (exact) mass is 237 g/mol. The van der Waals surface area contributed by atoms with Crippen LogP contribution >= 0.6 is 0 Å². The molecule has 0 aliphatic heterocycles. The van der Waals surface area contributed by atoms with E-state index in [1.807, 2.05) is 0 Å². The molecule has 0 radical (unpaired) electrons. The third kappa shape index (κ3) is 3.06. The van der Waals surface area contributed by atoms with Gasteiger partial charge in [-0.15, -0.1) is 0 Å². The summed E-state index contributed by atoms with van der Waals surface area (Å²) in [5.74, 6) is 0.804. The van der Waals surface area contributed by atoms with E-state index in [1.54, 1.807) is 24.1 Å². The van der Waals surface area contributed by atoms with Gasteiger partial charge in [0.05, 0.1) is 6.61 Å². The molecule has 94 valence electrons. The highest BCUT2D eigenvalue weighted by Gasteiger charge is 2.25. The first-order valence-electron chi connectivity index (χ1n) is 6.02. The van der Waals surface area contributed by atoms with Crippen LogP contribution in [0.15, 0.2) is 17.2 Å². The Morgan fingerprint density at radius 2 is 2.41 bits per heavy atom. The molecule has 1 heterocycles. The summed E-state index contributed by atoms with van der Waals surface area (Å²) in [6.07, 6.45) is 5.65. The van der Waals surface area contributed by atoms with Gasteiger partial charge in [-0.25, -0.2) is 4.98 Å². The van der Waals surface area contributed by atoms with Crippen LogP contribution in [0.4, 0.5) is 5.82 Å². The van der Waals surface area contributed by atoms with Crippen molar-refractivity contribution in [3.8, 4) is 0 Å². The first kappa shape index (κ1) is 12.1. The molecule has 1 N–H and O–H groups in total. The summed E-state index contributed by atoms with van der Waals surface area (Å²) < 4.78 is 6.82. The minimum absolute atomic E-state index is 0.0142. The van der Waals surface area contributed by atoms with Gasteiger partial charge >= 0.3 is 0 Å². The predicted molar refractivity (Wildman–Crippen MR) is 66.3 cm³/mol. The number of methoxy groups -OCH3 is 1. The molecule has 1 aromatic rings. The zero-order valence-corrected chi connectivity index (χ0v) is 10.3. The fraction of sp³-hybridized carbons (Fsp3) is 0.667. The second-order valence-electron chi connectivity index (χ2n) is 4.66. The van der Waals surface area contributed by atoms with Gasteiger partial charge in [-0.3, -0.25) is 4.79 Å². The molecule has 0 bridgehead atoms. The molecule has 1 atom stereocenters. The van der Waals surface area contributed by atoms with Crippen LogP contribution in [0.2, 0.25) is 0 Å². The van der Waals surface area contributed by atoms with Gasteiger partial charge in [0.1, 0.15) is 0 Å². The highest BCUT2D eigenvalue weighted by molar-refractivity contribution is 5.31. The molecule has 2 rings (SSSR count). The zero-order chi connectivity index (χ0) is 12.3. The Morgan fingerprint density at radius 1 is 1.65 bits per heavy atom. The summed E-state index contributed by atoms with van der Waals surface area (Å²) in [7, 11) is 1.68. The second-order valence-corrected chi connectivity index (χ2v) is 4.66. The highest BCUT2D eigenvalue weighted by Crippen LogP contribution is 2.33. The number of hydrogen-bond donors (Lipinski definition) is 1. The first-order valence-corrected chi connectivity index (χ1v) is 6.02. The number of hydrogen-bond acceptors (Lipinski definition) is 4. The maximum Gasteiger partial charge on any atom is 0.293 e. The third-order valence-corrected chi connectivity index (χ3v) is 2.88. The summed E-state index contributed by atoms with van der Waals surface area (Å²) in [4.78, 5) is 16.1. The summed E-state index contributed by atoms with van der Waals surface area (Å²) in [6.45, 7) is 3.44. The van der Waals surface area contributed by atoms with Crippen LogP contribution < -0.4 is 10.9 Å². The van der Waals surface area contributed by atoms with Crippen molar-refractivity contribution in [2.24, 2.45) is 5.92 Å². The van der Waals surface area contributed by atoms with Crippen LogP contribution in [0.3, 0.4) is 0 Å². The van der Waals surface area contributed by atoms with E-state index in [-0.39, 0.29) is 5.56 Å². The molecule has 1 saturated carbocycles. The second kappa shape index (κ2) is 5.31. The molecule has 1 aliphatic rings. The van der Waals surface area contributed by atoms with Crippen LogP contribution in [0.1, 0.15) is 25.8 Å². The van der Waals surface area contributed by atoms with Crippen LogP contribution in [0.5, 0.6) is 0 Å². The maximum atomic E-state index is 12.0. The maximum absolute atomic E-state index is 12.0. The average Bonchev–Trinajstić information content (AvgIpc) is 3.12. The molecule has 1 aromatic heterocycles. The SMILES string of the molecule is COCC(C)CNc1nccn(C2CC2)c1=O. The van der Waals surface area contributed by atoms with Gasteiger partial charge in [-0.2, -0.15) is 0 Å². The quantitative estimate of drug-likeness (QED) is 0.809. The normalized spacial score (nSPS) is 16.8. The lowest BCUT2D eigenvalue weighted by Gasteiger charge is -2.12. The molecular weight excluding hydrogens is 218 g/mol. The van der Waals surface area contributed by atoms with E-state index in [0.29, 0.717) is 30.9 Å². The number of nitrogens with one attached hydrogen (secondary N) is 1. The van der Waals surface area contributed by atoms with Gasteiger partial charge in [0.15, 0.2) is 5.82 Å². The molecule has 5 heteroatoms. The summed E-state index contributed by atoms with van der Waals surface area (Å²) in [6, 6.07) is 0.391. The lowest BCUT2D eigenvalue weighted by Crippen LogP contribution is -2.26. The van der Waals surface area contributed by atoms with E-state index in [2.05, 4.69) is 17.2 Å². The Balaban J connectivity index is 2.01. The van der Waals surface area contributed by atoms with Crippen molar-refractivity contribution in [2.75, 3.05) is 25.6 Å². The standard InChI is InChI=1S/C12H19N3O2/c1-9(8-17-2)7-14-11-12(16)15(6-5-13-11)10-3-4-10/h5-6,9-10H,3-4,7-8H2,1-2H3,(H,13,14). The molecule has 1 aliphatic carbocycles. The largest absolute Gasteiger partial charge is 0.384 e. The van der Waals surface area contributed by atoms with E-state index in [4.69, 9.17) is 4.74 Å². The van der Waals surface area contributed by atoms with Crippen LogP contribution in [0, 0.1) is 5.92 Å². The van der Waals surface area contributed by atoms with Crippen molar-refractivity contribution >= 4 is 5.82 Å². The van der Waals surface area contributed by atoms with Crippen molar-refractivity contribution in [3.05, 3.63) is 22.7 Å². The van der Waals surface area contributed by atoms with Crippen LogP contribution in [-0.4, -0.2) is 29.8 Å². The predicted octanol–water partition coefficient (Wildman–Crippen LogP) is 1.27. The molecule has 0 aromatic carbocycles. The topological polar surface area (TPSA) is 56.1 Å². The van der Waals surface area contributed by atoms with E-state index < -0.39 is 0 Å².